The zero-order chi connectivity index (χ0) is 11.2. The highest BCUT2D eigenvalue weighted by atomic mass is 16.6. The number of allylic oxidation sites excluding steroid dienone is 1. The van der Waals surface area contributed by atoms with Gasteiger partial charge < -0.3 is 9.84 Å². The monoisotopic (exact) mass is 203 g/mol. The van der Waals surface area contributed by atoms with E-state index in [-0.39, 0.29) is 6.61 Å². The van der Waals surface area contributed by atoms with Gasteiger partial charge in [-0.25, -0.2) is 4.79 Å². The smallest absolute Gasteiger partial charge is 0.349 e. The summed E-state index contributed by atoms with van der Waals surface area (Å²) in [6, 6.07) is 0. The molecule has 0 aliphatic carbocycles. The highest BCUT2D eigenvalue weighted by molar-refractivity contribution is 5.81. The minimum absolute atomic E-state index is 0.0659. The molecule has 80 valence electrons. The van der Waals surface area contributed by atoms with Gasteiger partial charge in [-0.05, 0) is 19.9 Å². The average molecular weight is 203 g/mol. The van der Waals surface area contributed by atoms with E-state index in [1.165, 1.54) is 6.08 Å². The van der Waals surface area contributed by atoms with Gasteiger partial charge in [0.2, 0.25) is 12.1 Å². The normalized spacial score (nSPS) is 15.1. The molecule has 14 heavy (non-hydrogen) atoms. The van der Waals surface area contributed by atoms with Crippen molar-refractivity contribution in [2.24, 2.45) is 0 Å². The van der Waals surface area contributed by atoms with Crippen molar-refractivity contribution >= 4 is 5.97 Å². The van der Waals surface area contributed by atoms with Crippen LogP contribution in [-0.4, -0.2) is 34.8 Å². The topological polar surface area (TPSA) is 89.7 Å². The Kier molecular flexibility index (Phi) is 4.79. The van der Waals surface area contributed by atoms with Crippen LogP contribution in [0, 0.1) is 10.1 Å². The first-order valence-electron chi connectivity index (χ1n) is 4.11. The number of nitrogens with zero attached hydrogens (tertiary/aromatic N) is 1. The third-order valence-electron chi connectivity index (χ3n) is 1.44. The second kappa shape index (κ2) is 5.33. The molecule has 0 amide bonds. The summed E-state index contributed by atoms with van der Waals surface area (Å²) in [7, 11) is 0. The van der Waals surface area contributed by atoms with Crippen LogP contribution in [0.15, 0.2) is 12.2 Å². The first-order valence-corrected chi connectivity index (χ1v) is 4.11. The fourth-order valence-electron chi connectivity index (χ4n) is 0.914. The van der Waals surface area contributed by atoms with Crippen molar-refractivity contribution in [2.45, 2.75) is 19.4 Å². The van der Waals surface area contributed by atoms with Crippen molar-refractivity contribution in [1.29, 1.82) is 0 Å². The fraction of sp³-hybridized carbons (Fsp3) is 0.625. The van der Waals surface area contributed by atoms with E-state index >= 15 is 0 Å². The largest absolute Gasteiger partial charge is 0.463 e. The Labute approximate surface area is 81.3 Å². The molecule has 1 N–H and O–H groups in total. The first-order chi connectivity index (χ1) is 6.46. The van der Waals surface area contributed by atoms with E-state index in [0.717, 1.165) is 6.08 Å². The summed E-state index contributed by atoms with van der Waals surface area (Å²) in [5.41, 5.74) is -2.16. The van der Waals surface area contributed by atoms with Gasteiger partial charge in [-0.15, -0.1) is 0 Å². The van der Waals surface area contributed by atoms with Gasteiger partial charge in [0.1, 0.15) is 0 Å². The molecule has 0 aromatic rings. The van der Waals surface area contributed by atoms with E-state index < -0.39 is 23.0 Å². The van der Waals surface area contributed by atoms with E-state index in [4.69, 9.17) is 0 Å². The minimum atomic E-state index is -2.16. The lowest BCUT2D eigenvalue weighted by atomic mass is 10.0. The maximum Gasteiger partial charge on any atom is 0.349 e. The zero-order valence-electron chi connectivity index (χ0n) is 8.10. The number of hydrogen-bond acceptors (Lipinski definition) is 5. The molecule has 0 aromatic heterocycles. The summed E-state index contributed by atoms with van der Waals surface area (Å²) in [5.74, 6) is -1.00. The predicted molar refractivity (Wildman–Crippen MR) is 48.3 cm³/mol. The molecule has 0 aromatic carbocycles. The van der Waals surface area contributed by atoms with Crippen LogP contribution in [0.25, 0.3) is 0 Å². The molecule has 0 radical (unpaired) electrons. The summed E-state index contributed by atoms with van der Waals surface area (Å²) in [6.07, 6.45) is 2.41. The second-order valence-corrected chi connectivity index (χ2v) is 2.64. The Bertz CT molecular complexity index is 250. The molecule has 6 heteroatoms. The van der Waals surface area contributed by atoms with Crippen LogP contribution in [0.1, 0.15) is 13.8 Å². The highest BCUT2D eigenvalue weighted by Gasteiger charge is 2.40. The summed E-state index contributed by atoms with van der Waals surface area (Å²) in [4.78, 5) is 20.6. The molecule has 0 aliphatic heterocycles. The summed E-state index contributed by atoms with van der Waals surface area (Å²) >= 11 is 0. The number of carbonyl (C=O) groups is 1. The van der Waals surface area contributed by atoms with E-state index in [1.807, 2.05) is 0 Å². The van der Waals surface area contributed by atoms with Crippen LogP contribution < -0.4 is 0 Å². The van der Waals surface area contributed by atoms with Crippen molar-refractivity contribution in [3.8, 4) is 0 Å². The molecule has 0 spiro atoms. The Morgan fingerprint density at radius 2 is 2.29 bits per heavy atom. The standard InChI is InChI=1S/C8H13NO5/c1-3-5-8(11,6-9(12)13)7(10)14-4-2/h3,5,11H,4,6H2,1-2H3/b5-3+/t8-/m0/s1. The predicted octanol–water partition coefficient (Wildman–Crippen LogP) is 0.133. The number of carbonyl (C=O) groups excluding carboxylic acids is 1. The molecular weight excluding hydrogens is 190 g/mol. The average Bonchev–Trinajstić information content (AvgIpc) is 2.03. The maximum atomic E-state index is 11.2. The number of hydrogen-bond donors (Lipinski definition) is 1. The van der Waals surface area contributed by atoms with E-state index in [9.17, 15) is 20.0 Å². The third-order valence-corrected chi connectivity index (χ3v) is 1.44. The lowest BCUT2D eigenvalue weighted by Crippen LogP contribution is -2.44. The maximum absolute atomic E-state index is 11.2. The van der Waals surface area contributed by atoms with Crippen molar-refractivity contribution in [3.05, 3.63) is 22.3 Å². The number of aliphatic hydroxyl groups is 1. The number of esters is 1. The van der Waals surface area contributed by atoms with Crippen LogP contribution in [0.2, 0.25) is 0 Å². The van der Waals surface area contributed by atoms with Gasteiger partial charge in [-0.3, -0.25) is 10.1 Å². The van der Waals surface area contributed by atoms with E-state index in [1.54, 1.807) is 13.8 Å². The molecule has 1 atom stereocenters. The van der Waals surface area contributed by atoms with Crippen molar-refractivity contribution in [2.75, 3.05) is 13.2 Å². The van der Waals surface area contributed by atoms with E-state index in [2.05, 4.69) is 4.74 Å². The summed E-state index contributed by atoms with van der Waals surface area (Å²) in [6.45, 7) is 2.27. The molecule has 0 unspecified atom stereocenters. The third kappa shape index (κ3) is 3.53. The van der Waals surface area contributed by atoms with Gasteiger partial charge in [0, 0.05) is 4.92 Å². The van der Waals surface area contributed by atoms with Crippen molar-refractivity contribution in [1.82, 2.24) is 0 Å². The van der Waals surface area contributed by atoms with Gasteiger partial charge in [0.05, 0.1) is 6.61 Å². The summed E-state index contributed by atoms with van der Waals surface area (Å²) < 4.78 is 4.52. The Morgan fingerprint density at radius 3 is 2.64 bits per heavy atom. The fourth-order valence-corrected chi connectivity index (χ4v) is 0.914. The summed E-state index contributed by atoms with van der Waals surface area (Å²) in [5, 5.41) is 19.8. The van der Waals surface area contributed by atoms with Crippen LogP contribution in [-0.2, 0) is 9.53 Å². The quantitative estimate of drug-likeness (QED) is 0.297. The van der Waals surface area contributed by atoms with Gasteiger partial charge in [-0.2, -0.15) is 0 Å². The Morgan fingerprint density at radius 1 is 1.71 bits per heavy atom. The highest BCUT2D eigenvalue weighted by Crippen LogP contribution is 2.10. The van der Waals surface area contributed by atoms with E-state index in [0.29, 0.717) is 0 Å². The molecule has 0 aliphatic rings. The van der Waals surface area contributed by atoms with Gasteiger partial charge in [0.15, 0.2) is 0 Å². The van der Waals surface area contributed by atoms with Gasteiger partial charge >= 0.3 is 5.97 Å². The number of rotatable bonds is 5. The molecule has 0 rings (SSSR count). The van der Waals surface area contributed by atoms with Gasteiger partial charge in [0.25, 0.3) is 0 Å². The molecule has 0 bridgehead atoms. The SMILES string of the molecule is C/C=C/[C@](O)(C[N+](=O)[O-])C(=O)OCC. The second-order valence-electron chi connectivity index (χ2n) is 2.64. The zero-order valence-corrected chi connectivity index (χ0v) is 8.10. The van der Waals surface area contributed by atoms with Crippen LogP contribution in [0.4, 0.5) is 0 Å². The number of ether oxygens (including phenoxy) is 1. The molecule has 6 nitrogen and oxygen atoms in total. The van der Waals surface area contributed by atoms with Crippen molar-refractivity contribution in [3.63, 3.8) is 0 Å². The molecule has 0 saturated carbocycles. The lowest BCUT2D eigenvalue weighted by molar-refractivity contribution is -0.494. The molecular formula is C8H13NO5. The number of nitro groups is 1. The van der Waals surface area contributed by atoms with Crippen LogP contribution in [0.3, 0.4) is 0 Å². The molecule has 0 fully saturated rings. The lowest BCUT2D eigenvalue weighted by Gasteiger charge is -2.17. The minimum Gasteiger partial charge on any atom is -0.463 e. The Balaban J connectivity index is 4.69. The molecule has 0 heterocycles. The Hall–Kier alpha value is -1.43. The van der Waals surface area contributed by atoms with Crippen LogP contribution >= 0.6 is 0 Å². The first kappa shape index (κ1) is 12.6. The van der Waals surface area contributed by atoms with Gasteiger partial charge in [-0.1, -0.05) is 6.08 Å². The van der Waals surface area contributed by atoms with Crippen molar-refractivity contribution < 1.29 is 19.6 Å². The molecule has 0 saturated heterocycles. The van der Waals surface area contributed by atoms with Crippen LogP contribution in [0.5, 0.6) is 0 Å².